The normalized spacial score (nSPS) is 14.4. The quantitative estimate of drug-likeness (QED) is 0.648. The molecule has 2 N–H and O–H groups in total. The van der Waals surface area contributed by atoms with Crippen LogP contribution in [-0.4, -0.2) is 45.2 Å². The number of aliphatic hydroxyl groups is 1. The van der Waals surface area contributed by atoms with Gasteiger partial charge in [-0.3, -0.25) is 0 Å². The van der Waals surface area contributed by atoms with E-state index in [1.54, 1.807) is 7.11 Å². The van der Waals surface area contributed by atoms with Crippen LogP contribution in [0.1, 0.15) is 12.5 Å². The van der Waals surface area contributed by atoms with Gasteiger partial charge in [-0.25, -0.2) is 0 Å². The fourth-order valence-electron chi connectivity index (χ4n) is 1.91. The molecule has 1 rings (SSSR count). The summed E-state index contributed by atoms with van der Waals surface area (Å²) >= 11 is 0. The Morgan fingerprint density at radius 1 is 1.22 bits per heavy atom. The van der Waals surface area contributed by atoms with Crippen LogP contribution in [0, 0.1) is 0 Å². The monoisotopic (exact) mass is 253 g/mol. The second-order valence-corrected chi connectivity index (χ2v) is 4.18. The summed E-state index contributed by atoms with van der Waals surface area (Å²) in [5.74, 6) is 0. The van der Waals surface area contributed by atoms with Gasteiger partial charge in [0.25, 0.3) is 0 Å². The summed E-state index contributed by atoms with van der Waals surface area (Å²) in [6.45, 7) is 4.28. The molecule has 4 nitrogen and oxygen atoms in total. The Kier molecular flexibility index (Phi) is 6.90. The zero-order chi connectivity index (χ0) is 13.3. The summed E-state index contributed by atoms with van der Waals surface area (Å²) < 4.78 is 10.5. The molecule has 0 radical (unpaired) electrons. The Morgan fingerprint density at radius 2 is 1.94 bits per heavy atom. The van der Waals surface area contributed by atoms with E-state index in [9.17, 15) is 5.11 Å². The van der Waals surface area contributed by atoms with Gasteiger partial charge in [0, 0.05) is 7.11 Å². The average Bonchev–Trinajstić information content (AvgIpc) is 2.43. The first kappa shape index (κ1) is 15.1. The first-order chi connectivity index (χ1) is 8.79. The molecule has 1 aromatic rings. The van der Waals surface area contributed by atoms with Crippen LogP contribution in [0.3, 0.4) is 0 Å². The summed E-state index contributed by atoms with van der Waals surface area (Å²) in [7, 11) is 1.64. The summed E-state index contributed by atoms with van der Waals surface area (Å²) in [6, 6.07) is 9.89. The zero-order valence-corrected chi connectivity index (χ0v) is 11.2. The highest BCUT2D eigenvalue weighted by Gasteiger charge is 2.30. The number of benzene rings is 1. The van der Waals surface area contributed by atoms with Crippen LogP contribution in [0.4, 0.5) is 0 Å². The van der Waals surface area contributed by atoms with E-state index >= 15 is 0 Å². The number of methoxy groups -OCH3 is 1. The van der Waals surface area contributed by atoms with Gasteiger partial charge in [-0.1, -0.05) is 37.3 Å². The van der Waals surface area contributed by atoms with Gasteiger partial charge in [0.05, 0.1) is 32.0 Å². The van der Waals surface area contributed by atoms with Crippen molar-refractivity contribution in [2.24, 2.45) is 0 Å². The molecule has 1 atom stereocenters. The highest BCUT2D eigenvalue weighted by molar-refractivity contribution is 5.25. The summed E-state index contributed by atoms with van der Waals surface area (Å²) in [4.78, 5) is 0. The predicted molar refractivity (Wildman–Crippen MR) is 71.6 cm³/mol. The van der Waals surface area contributed by atoms with Gasteiger partial charge in [0.1, 0.15) is 0 Å². The highest BCUT2D eigenvalue weighted by atomic mass is 16.5. The Hall–Kier alpha value is -0.940. The van der Waals surface area contributed by atoms with Crippen molar-refractivity contribution in [3.8, 4) is 0 Å². The second kappa shape index (κ2) is 8.21. The van der Waals surface area contributed by atoms with Crippen LogP contribution in [0.15, 0.2) is 30.3 Å². The van der Waals surface area contributed by atoms with Crippen molar-refractivity contribution in [1.29, 1.82) is 0 Å². The molecule has 0 amide bonds. The van der Waals surface area contributed by atoms with Crippen molar-refractivity contribution < 1.29 is 14.6 Å². The van der Waals surface area contributed by atoms with Gasteiger partial charge in [-0.05, 0) is 12.1 Å². The van der Waals surface area contributed by atoms with Crippen molar-refractivity contribution >= 4 is 0 Å². The van der Waals surface area contributed by atoms with Crippen molar-refractivity contribution in [3.63, 3.8) is 0 Å². The number of likely N-dealkylation sites (N-methyl/N-ethyl adjacent to an activating group) is 1. The van der Waals surface area contributed by atoms with Crippen LogP contribution >= 0.6 is 0 Å². The van der Waals surface area contributed by atoms with Crippen LogP contribution in [0.5, 0.6) is 0 Å². The number of hydrogen-bond donors (Lipinski definition) is 2. The highest BCUT2D eigenvalue weighted by Crippen LogP contribution is 2.21. The molecule has 0 aromatic heterocycles. The van der Waals surface area contributed by atoms with Gasteiger partial charge in [0.15, 0.2) is 0 Å². The van der Waals surface area contributed by atoms with Gasteiger partial charge >= 0.3 is 0 Å². The van der Waals surface area contributed by atoms with E-state index in [0.717, 1.165) is 12.1 Å². The molecule has 18 heavy (non-hydrogen) atoms. The molecule has 4 heteroatoms. The van der Waals surface area contributed by atoms with E-state index < -0.39 is 5.54 Å². The van der Waals surface area contributed by atoms with Crippen LogP contribution in [-0.2, 0) is 15.0 Å². The minimum absolute atomic E-state index is 0.00215. The van der Waals surface area contributed by atoms with Crippen molar-refractivity contribution in [2.75, 3.05) is 40.1 Å². The lowest BCUT2D eigenvalue weighted by Gasteiger charge is -2.33. The second-order valence-electron chi connectivity index (χ2n) is 4.18. The molecule has 0 aliphatic heterocycles. The third kappa shape index (κ3) is 4.07. The van der Waals surface area contributed by atoms with E-state index in [1.165, 1.54) is 0 Å². The molecule has 0 heterocycles. The topological polar surface area (TPSA) is 50.7 Å². The smallest absolute Gasteiger partial charge is 0.0905 e. The molecular weight excluding hydrogens is 230 g/mol. The van der Waals surface area contributed by atoms with Crippen LogP contribution < -0.4 is 5.32 Å². The van der Waals surface area contributed by atoms with Gasteiger partial charge < -0.3 is 19.9 Å². The number of nitrogens with one attached hydrogen (secondary N) is 1. The molecule has 1 aromatic carbocycles. The standard InChI is InChI=1S/C14H23NO3/c1-3-15-14(11-16,12-18-10-9-17-2)13-7-5-4-6-8-13/h4-8,15-16H,3,9-12H2,1-2H3. The van der Waals surface area contributed by atoms with Gasteiger partial charge in [-0.15, -0.1) is 0 Å². The third-order valence-corrected chi connectivity index (χ3v) is 2.89. The van der Waals surface area contributed by atoms with Gasteiger partial charge in [0.2, 0.25) is 0 Å². The third-order valence-electron chi connectivity index (χ3n) is 2.89. The van der Waals surface area contributed by atoms with Crippen molar-refractivity contribution in [3.05, 3.63) is 35.9 Å². The first-order valence-corrected chi connectivity index (χ1v) is 6.27. The Bertz CT molecular complexity index is 318. The Balaban J connectivity index is 2.74. The minimum atomic E-state index is -0.538. The lowest BCUT2D eigenvalue weighted by molar-refractivity contribution is 0.0112. The molecule has 0 saturated heterocycles. The maximum atomic E-state index is 9.74. The molecule has 0 saturated carbocycles. The Labute approximate surface area is 109 Å². The minimum Gasteiger partial charge on any atom is -0.394 e. The summed E-state index contributed by atoms with van der Waals surface area (Å²) in [6.07, 6.45) is 0. The van der Waals surface area contributed by atoms with E-state index in [0.29, 0.717) is 19.8 Å². The fraction of sp³-hybridized carbons (Fsp3) is 0.571. The molecule has 1 unspecified atom stereocenters. The lowest BCUT2D eigenvalue weighted by atomic mass is 9.91. The van der Waals surface area contributed by atoms with Crippen LogP contribution in [0.2, 0.25) is 0 Å². The average molecular weight is 253 g/mol. The van der Waals surface area contributed by atoms with E-state index in [2.05, 4.69) is 5.32 Å². The van der Waals surface area contributed by atoms with Crippen molar-refractivity contribution in [1.82, 2.24) is 5.32 Å². The molecule has 0 aliphatic rings. The fourth-order valence-corrected chi connectivity index (χ4v) is 1.91. The maximum absolute atomic E-state index is 9.74. The number of hydrogen-bond acceptors (Lipinski definition) is 4. The number of ether oxygens (including phenoxy) is 2. The summed E-state index contributed by atoms with van der Waals surface area (Å²) in [5, 5.41) is 13.1. The predicted octanol–water partition coefficient (Wildman–Crippen LogP) is 1.15. The SMILES string of the molecule is CCNC(CO)(COCCOC)c1ccccc1. The lowest BCUT2D eigenvalue weighted by Crippen LogP contribution is -2.49. The molecular formula is C14H23NO3. The number of rotatable bonds is 9. The zero-order valence-electron chi connectivity index (χ0n) is 11.2. The Morgan fingerprint density at radius 3 is 2.50 bits per heavy atom. The van der Waals surface area contributed by atoms with Crippen molar-refractivity contribution in [2.45, 2.75) is 12.5 Å². The molecule has 102 valence electrons. The first-order valence-electron chi connectivity index (χ1n) is 6.27. The molecule has 0 aliphatic carbocycles. The summed E-state index contributed by atoms with van der Waals surface area (Å²) in [5.41, 5.74) is 0.496. The number of aliphatic hydroxyl groups excluding tert-OH is 1. The molecule has 0 fully saturated rings. The largest absolute Gasteiger partial charge is 0.394 e. The van der Waals surface area contributed by atoms with E-state index in [4.69, 9.17) is 9.47 Å². The molecule has 0 bridgehead atoms. The van der Waals surface area contributed by atoms with E-state index in [1.807, 2.05) is 37.3 Å². The molecule has 0 spiro atoms. The van der Waals surface area contributed by atoms with E-state index in [-0.39, 0.29) is 6.61 Å². The van der Waals surface area contributed by atoms with Gasteiger partial charge in [-0.2, -0.15) is 0 Å². The van der Waals surface area contributed by atoms with Crippen LogP contribution in [0.25, 0.3) is 0 Å². The maximum Gasteiger partial charge on any atom is 0.0905 e.